The quantitative estimate of drug-likeness (QED) is 0.744. The van der Waals surface area contributed by atoms with E-state index in [1.165, 1.54) is 25.7 Å². The average molecular weight is 338 g/mol. The van der Waals surface area contributed by atoms with E-state index < -0.39 is 5.97 Å². The maximum atomic E-state index is 10.7. The Hall–Kier alpha value is -1.01. The molecule has 120 valence electrons. The predicted molar refractivity (Wildman–Crippen MR) is 84.8 cm³/mol. The second-order valence-corrected chi connectivity index (χ2v) is 4.81. The van der Waals surface area contributed by atoms with Gasteiger partial charge in [-0.15, -0.1) is 0 Å². The Bertz CT molecular complexity index is 435. The summed E-state index contributed by atoms with van der Waals surface area (Å²) in [7, 11) is 1.34. The van der Waals surface area contributed by atoms with Crippen LogP contribution in [0.2, 0.25) is 10.0 Å². The van der Waals surface area contributed by atoms with Gasteiger partial charge in [-0.25, -0.2) is 4.79 Å². The molecule has 21 heavy (non-hydrogen) atoms. The van der Waals surface area contributed by atoms with Crippen LogP contribution in [0, 0.1) is 0 Å². The number of methoxy groups -OCH3 is 1. The summed E-state index contributed by atoms with van der Waals surface area (Å²) in [5.41, 5.74) is 5.07. The van der Waals surface area contributed by atoms with E-state index >= 15 is 0 Å². The number of hydrogen-bond acceptors (Lipinski definition) is 4. The number of carboxylic acids is 1. The van der Waals surface area contributed by atoms with Crippen LogP contribution < -0.4 is 10.5 Å². The van der Waals surface area contributed by atoms with Gasteiger partial charge in [0.15, 0.2) is 5.75 Å². The first-order valence-electron chi connectivity index (χ1n) is 6.52. The van der Waals surface area contributed by atoms with Crippen molar-refractivity contribution in [3.63, 3.8) is 0 Å². The summed E-state index contributed by atoms with van der Waals surface area (Å²) < 4.78 is 9.92. The van der Waals surface area contributed by atoms with Crippen LogP contribution in [-0.4, -0.2) is 37.9 Å². The number of unbranched alkanes of at least 4 members (excludes halogenated alkanes) is 1. The van der Waals surface area contributed by atoms with E-state index in [9.17, 15) is 4.79 Å². The molecule has 1 rings (SSSR count). The molecule has 0 aliphatic carbocycles. The maximum Gasteiger partial charge on any atom is 0.341 e. The van der Waals surface area contributed by atoms with Crippen molar-refractivity contribution in [2.24, 2.45) is 5.73 Å². The summed E-state index contributed by atoms with van der Waals surface area (Å²) in [5.74, 6) is -1.08. The highest BCUT2D eigenvalue weighted by molar-refractivity contribution is 6.36. The van der Waals surface area contributed by atoms with E-state index in [0.717, 1.165) is 13.0 Å². The van der Waals surface area contributed by atoms with Gasteiger partial charge in [0.25, 0.3) is 0 Å². The van der Waals surface area contributed by atoms with Crippen molar-refractivity contribution < 1.29 is 19.4 Å². The number of benzene rings is 1. The van der Waals surface area contributed by atoms with Crippen molar-refractivity contribution in [2.45, 2.75) is 19.8 Å². The first-order chi connectivity index (χ1) is 9.99. The van der Waals surface area contributed by atoms with E-state index in [1.807, 2.05) is 0 Å². The average Bonchev–Trinajstić information content (AvgIpc) is 2.46. The van der Waals surface area contributed by atoms with Crippen molar-refractivity contribution in [3.8, 4) is 5.75 Å². The number of carboxylic acid groups (broad SMARTS) is 1. The molecule has 0 amide bonds. The number of aromatic carboxylic acids is 1. The van der Waals surface area contributed by atoms with Gasteiger partial charge in [0.05, 0.1) is 23.8 Å². The van der Waals surface area contributed by atoms with Crippen LogP contribution in [0.3, 0.4) is 0 Å². The van der Waals surface area contributed by atoms with Crippen LogP contribution in [0.15, 0.2) is 12.1 Å². The standard InChI is InChI=1S/C8H6Cl2O3.C6H15NO/c1-13-7-5(10)3-2-4(9)6(7)8(11)12;1-2-3-5-8-6-4-7/h2-3H,1H3,(H,11,12);2-7H2,1H3. The summed E-state index contributed by atoms with van der Waals surface area (Å²) in [4.78, 5) is 10.7. The SMILES string of the molecule is CCCCOCCN.COc1c(Cl)ccc(Cl)c1C(=O)O. The fraction of sp³-hybridized carbons (Fsp3) is 0.500. The predicted octanol–water partition coefficient (Wildman–Crippen LogP) is 3.46. The number of halogens is 2. The van der Waals surface area contributed by atoms with E-state index in [-0.39, 0.29) is 21.4 Å². The second kappa shape index (κ2) is 11.6. The van der Waals surface area contributed by atoms with Crippen LogP contribution in [0.4, 0.5) is 0 Å². The molecule has 5 nitrogen and oxygen atoms in total. The third kappa shape index (κ3) is 7.52. The van der Waals surface area contributed by atoms with Crippen LogP contribution in [-0.2, 0) is 4.74 Å². The molecule has 1 aromatic carbocycles. The monoisotopic (exact) mass is 337 g/mol. The fourth-order valence-corrected chi connectivity index (χ4v) is 1.83. The highest BCUT2D eigenvalue weighted by Crippen LogP contribution is 2.33. The van der Waals surface area contributed by atoms with Crippen LogP contribution in [0.5, 0.6) is 5.75 Å². The molecule has 0 aliphatic heterocycles. The Labute approximate surface area is 134 Å². The lowest BCUT2D eigenvalue weighted by molar-refractivity contribution is 0.0693. The van der Waals surface area contributed by atoms with E-state index in [0.29, 0.717) is 13.2 Å². The lowest BCUT2D eigenvalue weighted by Crippen LogP contribution is -2.08. The lowest BCUT2D eigenvalue weighted by Gasteiger charge is -2.07. The third-order valence-electron chi connectivity index (χ3n) is 2.38. The van der Waals surface area contributed by atoms with Gasteiger partial charge < -0.3 is 20.3 Å². The zero-order chi connectivity index (χ0) is 16.3. The Morgan fingerprint density at radius 1 is 1.29 bits per heavy atom. The molecule has 0 fully saturated rings. The number of hydrogen-bond donors (Lipinski definition) is 2. The first-order valence-corrected chi connectivity index (χ1v) is 7.28. The van der Waals surface area contributed by atoms with E-state index in [4.69, 9.17) is 43.5 Å². The van der Waals surface area contributed by atoms with Crippen LogP contribution in [0.25, 0.3) is 0 Å². The summed E-state index contributed by atoms with van der Waals surface area (Å²) >= 11 is 11.4. The topological polar surface area (TPSA) is 81.8 Å². The highest BCUT2D eigenvalue weighted by atomic mass is 35.5. The van der Waals surface area contributed by atoms with Gasteiger partial charge in [0.1, 0.15) is 5.56 Å². The van der Waals surface area contributed by atoms with Crippen LogP contribution in [0.1, 0.15) is 30.1 Å². The minimum absolute atomic E-state index is 0.0849. The molecule has 1 aromatic rings. The van der Waals surface area contributed by atoms with Crippen molar-refractivity contribution in [1.82, 2.24) is 0 Å². The summed E-state index contributed by atoms with van der Waals surface area (Å²) in [6.45, 7) is 4.36. The Morgan fingerprint density at radius 2 is 1.90 bits per heavy atom. The Balaban J connectivity index is 0.000000433. The van der Waals surface area contributed by atoms with Gasteiger partial charge in [-0.05, 0) is 18.6 Å². The molecule has 3 N–H and O–H groups in total. The van der Waals surface area contributed by atoms with Gasteiger partial charge in [0.2, 0.25) is 0 Å². The van der Waals surface area contributed by atoms with Gasteiger partial charge in [-0.3, -0.25) is 0 Å². The Kier molecular flexibility index (Phi) is 11.1. The molecule has 0 aromatic heterocycles. The fourth-order valence-electron chi connectivity index (χ4n) is 1.36. The molecule has 0 bridgehead atoms. The molecular formula is C14H21Cl2NO4. The molecule has 0 unspecified atom stereocenters. The van der Waals surface area contributed by atoms with E-state index in [2.05, 4.69) is 6.92 Å². The van der Waals surface area contributed by atoms with Crippen molar-refractivity contribution in [2.75, 3.05) is 26.9 Å². The maximum absolute atomic E-state index is 10.7. The van der Waals surface area contributed by atoms with Crippen molar-refractivity contribution >= 4 is 29.2 Å². The third-order valence-corrected chi connectivity index (χ3v) is 2.99. The zero-order valence-corrected chi connectivity index (χ0v) is 13.7. The molecule has 0 spiro atoms. The highest BCUT2D eigenvalue weighted by Gasteiger charge is 2.17. The summed E-state index contributed by atoms with van der Waals surface area (Å²) in [6, 6.07) is 2.89. The molecule has 0 aliphatic rings. The number of carbonyl (C=O) groups is 1. The number of ether oxygens (including phenoxy) is 2. The van der Waals surface area contributed by atoms with E-state index in [1.54, 1.807) is 0 Å². The molecule has 0 atom stereocenters. The van der Waals surface area contributed by atoms with Crippen molar-refractivity contribution in [3.05, 3.63) is 27.7 Å². The largest absolute Gasteiger partial charge is 0.494 e. The normalized spacial score (nSPS) is 9.76. The minimum Gasteiger partial charge on any atom is -0.494 e. The second-order valence-electron chi connectivity index (χ2n) is 4.00. The Morgan fingerprint density at radius 3 is 2.33 bits per heavy atom. The van der Waals surface area contributed by atoms with Crippen LogP contribution >= 0.6 is 23.2 Å². The number of rotatable bonds is 7. The molecule has 0 saturated carbocycles. The first kappa shape index (κ1) is 20.0. The molecule has 0 heterocycles. The molecular weight excluding hydrogens is 317 g/mol. The smallest absolute Gasteiger partial charge is 0.341 e. The lowest BCUT2D eigenvalue weighted by atomic mass is 10.2. The van der Waals surface area contributed by atoms with Gasteiger partial charge in [-0.2, -0.15) is 0 Å². The van der Waals surface area contributed by atoms with Crippen molar-refractivity contribution in [1.29, 1.82) is 0 Å². The summed E-state index contributed by atoms with van der Waals surface area (Å²) in [6.07, 6.45) is 2.35. The summed E-state index contributed by atoms with van der Waals surface area (Å²) in [5, 5.41) is 9.11. The zero-order valence-electron chi connectivity index (χ0n) is 12.2. The van der Waals surface area contributed by atoms with Gasteiger partial charge in [-0.1, -0.05) is 36.5 Å². The van der Waals surface area contributed by atoms with Gasteiger partial charge >= 0.3 is 5.97 Å². The van der Waals surface area contributed by atoms with Gasteiger partial charge in [0, 0.05) is 13.2 Å². The number of nitrogens with two attached hydrogens (primary N) is 1. The minimum atomic E-state index is -1.16. The molecule has 7 heteroatoms. The molecule has 0 radical (unpaired) electrons. The molecule has 0 saturated heterocycles.